The first kappa shape index (κ1) is 17.8. The lowest BCUT2D eigenvalue weighted by molar-refractivity contribution is 0.465. The third-order valence-electron chi connectivity index (χ3n) is 4.48. The van der Waals surface area contributed by atoms with Crippen LogP contribution in [0.25, 0.3) is 17.1 Å². The zero-order chi connectivity index (χ0) is 19.0. The highest BCUT2D eigenvalue weighted by Gasteiger charge is 2.15. The van der Waals surface area contributed by atoms with Gasteiger partial charge in [-0.1, -0.05) is 50.7 Å². The number of hydrogen-bond acceptors (Lipinski definition) is 5. The second kappa shape index (κ2) is 6.85. The van der Waals surface area contributed by atoms with Crippen LogP contribution in [0.15, 0.2) is 58.4 Å². The topological polar surface area (TPSA) is 56.2 Å². The molecule has 0 aliphatic carbocycles. The Morgan fingerprint density at radius 1 is 1.07 bits per heavy atom. The standard InChI is InChI=1S/C21H22N4OS/c1-14-6-5-11-25-12-17(22-18(14)25)13-27-20-24-23-19(26-20)15-7-9-16(10-8-15)21(2,3)4/h5-12H,13H2,1-4H3. The Labute approximate surface area is 162 Å². The number of aryl methyl sites for hydroxylation is 1. The Hall–Kier alpha value is -2.60. The maximum atomic E-state index is 5.82. The number of thioether (sulfide) groups is 1. The van der Waals surface area contributed by atoms with E-state index in [-0.39, 0.29) is 5.41 Å². The quantitative estimate of drug-likeness (QED) is 0.452. The normalized spacial score (nSPS) is 12.0. The van der Waals surface area contributed by atoms with Crippen molar-refractivity contribution in [2.45, 2.75) is 44.1 Å². The van der Waals surface area contributed by atoms with Crippen LogP contribution in [-0.2, 0) is 11.2 Å². The first-order chi connectivity index (χ1) is 12.9. The van der Waals surface area contributed by atoms with Crippen LogP contribution < -0.4 is 0 Å². The van der Waals surface area contributed by atoms with Gasteiger partial charge in [-0.2, -0.15) is 0 Å². The molecule has 0 unspecified atom stereocenters. The molecule has 27 heavy (non-hydrogen) atoms. The van der Waals surface area contributed by atoms with E-state index in [9.17, 15) is 0 Å². The van der Waals surface area contributed by atoms with Crippen LogP contribution in [0.2, 0.25) is 0 Å². The summed E-state index contributed by atoms with van der Waals surface area (Å²) in [7, 11) is 0. The molecule has 0 amide bonds. The van der Waals surface area contributed by atoms with Crippen molar-refractivity contribution in [2.75, 3.05) is 0 Å². The molecule has 3 heterocycles. The van der Waals surface area contributed by atoms with E-state index in [0.29, 0.717) is 16.9 Å². The molecule has 0 fully saturated rings. The van der Waals surface area contributed by atoms with Crippen LogP contribution in [0.5, 0.6) is 0 Å². The van der Waals surface area contributed by atoms with Gasteiger partial charge in [0.15, 0.2) is 0 Å². The summed E-state index contributed by atoms with van der Waals surface area (Å²) in [6.45, 7) is 8.66. The van der Waals surface area contributed by atoms with E-state index in [0.717, 1.165) is 22.5 Å². The van der Waals surface area contributed by atoms with E-state index >= 15 is 0 Å². The fourth-order valence-electron chi connectivity index (χ4n) is 2.91. The monoisotopic (exact) mass is 378 g/mol. The van der Waals surface area contributed by atoms with E-state index < -0.39 is 0 Å². The number of nitrogens with zero attached hydrogens (tertiary/aromatic N) is 4. The lowest BCUT2D eigenvalue weighted by Gasteiger charge is -2.18. The van der Waals surface area contributed by atoms with Gasteiger partial charge in [0.05, 0.1) is 5.69 Å². The van der Waals surface area contributed by atoms with Gasteiger partial charge in [0.25, 0.3) is 5.22 Å². The Balaban J connectivity index is 1.47. The maximum absolute atomic E-state index is 5.82. The predicted octanol–water partition coefficient (Wildman–Crippen LogP) is 5.28. The van der Waals surface area contributed by atoms with Crippen LogP contribution in [0.4, 0.5) is 0 Å². The Morgan fingerprint density at radius 2 is 1.85 bits per heavy atom. The van der Waals surface area contributed by atoms with Crippen molar-refractivity contribution < 1.29 is 4.42 Å². The Bertz CT molecular complexity index is 1070. The molecule has 0 N–H and O–H groups in total. The number of hydrogen-bond donors (Lipinski definition) is 0. The smallest absolute Gasteiger partial charge is 0.277 e. The second-order valence-corrected chi connectivity index (χ2v) is 8.57. The van der Waals surface area contributed by atoms with Crippen molar-refractivity contribution in [3.63, 3.8) is 0 Å². The van der Waals surface area contributed by atoms with Gasteiger partial charge in [0.1, 0.15) is 5.65 Å². The highest BCUT2D eigenvalue weighted by Crippen LogP contribution is 2.28. The molecular weight excluding hydrogens is 356 g/mol. The predicted molar refractivity (Wildman–Crippen MR) is 108 cm³/mol. The summed E-state index contributed by atoms with van der Waals surface area (Å²) >= 11 is 1.50. The fourth-order valence-corrected chi connectivity index (χ4v) is 3.55. The van der Waals surface area contributed by atoms with Crippen molar-refractivity contribution in [3.05, 3.63) is 65.6 Å². The van der Waals surface area contributed by atoms with Crippen LogP contribution in [0, 0.1) is 6.92 Å². The SMILES string of the molecule is Cc1cccn2cc(CSc3nnc(-c4ccc(C(C)(C)C)cc4)o3)nc12. The second-order valence-electron chi connectivity index (χ2n) is 7.64. The summed E-state index contributed by atoms with van der Waals surface area (Å²) in [6.07, 6.45) is 4.05. The number of benzene rings is 1. The van der Waals surface area contributed by atoms with Crippen LogP contribution in [0.1, 0.15) is 37.6 Å². The first-order valence-corrected chi connectivity index (χ1v) is 9.89. The zero-order valence-electron chi connectivity index (χ0n) is 15.9. The van der Waals surface area contributed by atoms with Gasteiger partial charge in [-0.3, -0.25) is 0 Å². The molecule has 0 saturated heterocycles. The minimum absolute atomic E-state index is 0.126. The van der Waals surface area contributed by atoms with E-state index in [1.165, 1.54) is 17.3 Å². The summed E-state index contributed by atoms with van der Waals surface area (Å²) in [5, 5.41) is 8.90. The number of fused-ring (bicyclic) bond motifs is 1. The third kappa shape index (κ3) is 3.76. The largest absolute Gasteiger partial charge is 0.411 e. The highest BCUT2D eigenvalue weighted by atomic mass is 32.2. The zero-order valence-corrected chi connectivity index (χ0v) is 16.7. The number of imidazole rings is 1. The third-order valence-corrected chi connectivity index (χ3v) is 5.33. The molecular formula is C21H22N4OS. The Morgan fingerprint density at radius 3 is 2.56 bits per heavy atom. The average Bonchev–Trinajstić information content (AvgIpc) is 3.27. The van der Waals surface area contributed by atoms with Gasteiger partial charge >= 0.3 is 0 Å². The van der Waals surface area contributed by atoms with E-state index in [2.05, 4.69) is 61.1 Å². The summed E-state index contributed by atoms with van der Waals surface area (Å²) in [6, 6.07) is 12.4. The number of aromatic nitrogens is 4. The molecule has 0 bridgehead atoms. The molecule has 0 aliphatic heterocycles. The van der Waals surface area contributed by atoms with Crippen molar-refractivity contribution in [3.8, 4) is 11.5 Å². The minimum Gasteiger partial charge on any atom is -0.411 e. The lowest BCUT2D eigenvalue weighted by atomic mass is 9.87. The molecule has 0 saturated carbocycles. The van der Waals surface area contributed by atoms with Gasteiger partial charge in [-0.25, -0.2) is 4.98 Å². The summed E-state index contributed by atoms with van der Waals surface area (Å²) < 4.78 is 7.86. The average molecular weight is 379 g/mol. The Kier molecular flexibility index (Phi) is 4.52. The van der Waals surface area contributed by atoms with Gasteiger partial charge in [0.2, 0.25) is 5.89 Å². The molecule has 1 aromatic carbocycles. The lowest BCUT2D eigenvalue weighted by Crippen LogP contribution is -2.10. The molecule has 6 heteroatoms. The highest BCUT2D eigenvalue weighted by molar-refractivity contribution is 7.98. The van der Waals surface area contributed by atoms with E-state index in [1.807, 2.05) is 35.0 Å². The number of rotatable bonds is 4. The van der Waals surface area contributed by atoms with E-state index in [1.54, 1.807) is 0 Å². The molecule has 138 valence electrons. The fraction of sp³-hybridized carbons (Fsp3) is 0.286. The molecule has 0 spiro atoms. The molecule has 3 aromatic heterocycles. The minimum atomic E-state index is 0.126. The number of pyridine rings is 1. The molecule has 0 radical (unpaired) electrons. The molecule has 5 nitrogen and oxygen atoms in total. The summed E-state index contributed by atoms with van der Waals surface area (Å²) in [4.78, 5) is 4.68. The molecule has 4 aromatic rings. The van der Waals surface area contributed by atoms with Gasteiger partial charge in [0, 0.05) is 23.7 Å². The first-order valence-electron chi connectivity index (χ1n) is 8.90. The van der Waals surface area contributed by atoms with Gasteiger partial charge < -0.3 is 8.82 Å². The van der Waals surface area contributed by atoms with Gasteiger partial charge in [-0.05, 0) is 41.7 Å². The van der Waals surface area contributed by atoms with Crippen molar-refractivity contribution in [1.82, 2.24) is 19.6 Å². The maximum Gasteiger partial charge on any atom is 0.277 e. The summed E-state index contributed by atoms with van der Waals surface area (Å²) in [5.74, 6) is 1.23. The van der Waals surface area contributed by atoms with Gasteiger partial charge in [-0.15, -0.1) is 10.2 Å². The molecule has 4 rings (SSSR count). The van der Waals surface area contributed by atoms with Crippen molar-refractivity contribution in [1.29, 1.82) is 0 Å². The molecule has 0 aliphatic rings. The van der Waals surface area contributed by atoms with Crippen LogP contribution in [0.3, 0.4) is 0 Å². The van der Waals surface area contributed by atoms with Crippen molar-refractivity contribution in [2.24, 2.45) is 0 Å². The van der Waals surface area contributed by atoms with Crippen molar-refractivity contribution >= 4 is 17.4 Å². The van der Waals surface area contributed by atoms with E-state index in [4.69, 9.17) is 4.42 Å². The summed E-state index contributed by atoms with van der Waals surface area (Å²) in [5.41, 5.74) is 5.48. The van der Waals surface area contributed by atoms with Crippen LogP contribution >= 0.6 is 11.8 Å². The molecule has 0 atom stereocenters. The van der Waals surface area contributed by atoms with Crippen LogP contribution in [-0.4, -0.2) is 19.6 Å².